The molecule has 0 spiro atoms. The first-order valence-electron chi connectivity index (χ1n) is 7.84. The summed E-state index contributed by atoms with van der Waals surface area (Å²) < 4.78 is 5.55. The van der Waals surface area contributed by atoms with Crippen LogP contribution in [0.15, 0.2) is 42.5 Å². The molecular weight excluding hydrogens is 322 g/mol. The Morgan fingerprint density at radius 2 is 1.96 bits per heavy atom. The topological polar surface area (TPSA) is 39.2 Å². The molecule has 0 radical (unpaired) electrons. The van der Waals surface area contributed by atoms with Gasteiger partial charge in [-0.2, -0.15) is 0 Å². The summed E-state index contributed by atoms with van der Waals surface area (Å²) in [7, 11) is 0. The number of rotatable bonds is 4. The van der Waals surface area contributed by atoms with E-state index in [1.54, 1.807) is 6.07 Å². The van der Waals surface area contributed by atoms with Crippen LogP contribution in [-0.2, 0) is 0 Å². The van der Waals surface area contributed by atoms with Gasteiger partial charge in [0.15, 0.2) is 0 Å². The lowest BCUT2D eigenvalue weighted by molar-refractivity contribution is 0.108. The summed E-state index contributed by atoms with van der Waals surface area (Å²) in [5.41, 5.74) is 4.97. The first-order chi connectivity index (χ1) is 11.5. The number of carbonyl (C=O) groups is 1. The molecule has 1 heterocycles. The highest BCUT2D eigenvalue weighted by Crippen LogP contribution is 2.30. The standard InChI is InChI=1S/C20H18ClNO2/c1-4-24-15-7-5-6-14(10-15)18-11-17(20(21)23)16-9-12(2)8-13(3)19(16)22-18/h5-11H,4H2,1-3H3. The number of pyridine rings is 1. The minimum Gasteiger partial charge on any atom is -0.494 e. The van der Waals surface area contributed by atoms with Crippen LogP contribution in [0.5, 0.6) is 5.75 Å². The number of hydrogen-bond acceptors (Lipinski definition) is 3. The lowest BCUT2D eigenvalue weighted by Gasteiger charge is -2.11. The van der Waals surface area contributed by atoms with E-state index >= 15 is 0 Å². The highest BCUT2D eigenvalue weighted by molar-refractivity contribution is 6.68. The van der Waals surface area contributed by atoms with E-state index in [0.29, 0.717) is 17.9 Å². The van der Waals surface area contributed by atoms with E-state index in [0.717, 1.165) is 33.3 Å². The van der Waals surface area contributed by atoms with Gasteiger partial charge in [0, 0.05) is 16.5 Å². The van der Waals surface area contributed by atoms with Gasteiger partial charge in [0.1, 0.15) is 5.75 Å². The van der Waals surface area contributed by atoms with Crippen LogP contribution in [0.1, 0.15) is 28.4 Å². The predicted octanol–water partition coefficient (Wildman–Crippen LogP) is 5.30. The Labute approximate surface area is 146 Å². The molecular formula is C20H18ClNO2. The molecule has 0 atom stereocenters. The van der Waals surface area contributed by atoms with Gasteiger partial charge in [0.05, 0.1) is 17.8 Å². The lowest BCUT2D eigenvalue weighted by Crippen LogP contribution is -1.98. The minimum absolute atomic E-state index is 0.477. The average molecular weight is 340 g/mol. The third-order valence-electron chi connectivity index (χ3n) is 3.90. The second-order valence-corrected chi connectivity index (χ2v) is 6.11. The Morgan fingerprint density at radius 1 is 1.17 bits per heavy atom. The largest absolute Gasteiger partial charge is 0.494 e. The molecule has 0 aliphatic heterocycles. The van der Waals surface area contributed by atoms with Crippen molar-refractivity contribution >= 4 is 27.7 Å². The zero-order valence-corrected chi connectivity index (χ0v) is 14.6. The molecule has 3 rings (SSSR count). The number of hydrogen-bond donors (Lipinski definition) is 0. The first-order valence-corrected chi connectivity index (χ1v) is 8.22. The van der Waals surface area contributed by atoms with Crippen LogP contribution in [0.2, 0.25) is 0 Å². The highest BCUT2D eigenvalue weighted by Gasteiger charge is 2.14. The van der Waals surface area contributed by atoms with Gasteiger partial charge in [-0.1, -0.05) is 23.8 Å². The second-order valence-electron chi connectivity index (χ2n) is 5.77. The van der Waals surface area contributed by atoms with Crippen LogP contribution in [0.25, 0.3) is 22.2 Å². The van der Waals surface area contributed by atoms with Crippen molar-refractivity contribution in [1.29, 1.82) is 0 Å². The maximum atomic E-state index is 11.9. The summed E-state index contributed by atoms with van der Waals surface area (Å²) in [5, 5.41) is 0.312. The monoisotopic (exact) mass is 339 g/mol. The molecule has 2 aromatic carbocycles. The number of aryl methyl sites for hydroxylation is 2. The van der Waals surface area contributed by atoms with Crippen LogP contribution < -0.4 is 4.74 Å². The number of benzene rings is 2. The van der Waals surface area contributed by atoms with Crippen molar-refractivity contribution in [3.8, 4) is 17.0 Å². The number of fused-ring (bicyclic) bond motifs is 1. The van der Waals surface area contributed by atoms with Gasteiger partial charge >= 0.3 is 0 Å². The number of halogens is 1. The van der Waals surface area contributed by atoms with Crippen molar-refractivity contribution < 1.29 is 9.53 Å². The van der Waals surface area contributed by atoms with Crippen molar-refractivity contribution in [2.45, 2.75) is 20.8 Å². The Morgan fingerprint density at radius 3 is 2.67 bits per heavy atom. The zero-order chi connectivity index (χ0) is 17.3. The molecule has 4 heteroatoms. The Kier molecular flexibility index (Phi) is 4.54. The van der Waals surface area contributed by atoms with Gasteiger partial charge in [0.25, 0.3) is 5.24 Å². The predicted molar refractivity (Wildman–Crippen MR) is 98.0 cm³/mol. The third-order valence-corrected chi connectivity index (χ3v) is 4.10. The molecule has 24 heavy (non-hydrogen) atoms. The SMILES string of the molecule is CCOc1cccc(-c2cc(C(=O)Cl)c3cc(C)cc(C)c3n2)c1. The molecule has 0 N–H and O–H groups in total. The highest BCUT2D eigenvalue weighted by atomic mass is 35.5. The fourth-order valence-electron chi connectivity index (χ4n) is 2.90. The number of carbonyl (C=O) groups excluding carboxylic acids is 1. The first kappa shape index (κ1) is 16.5. The quantitative estimate of drug-likeness (QED) is 0.606. The van der Waals surface area contributed by atoms with Gasteiger partial charge < -0.3 is 4.74 Å². The summed E-state index contributed by atoms with van der Waals surface area (Å²) in [6.45, 7) is 6.52. The average Bonchev–Trinajstić information content (AvgIpc) is 2.54. The van der Waals surface area contributed by atoms with E-state index in [4.69, 9.17) is 21.3 Å². The molecule has 0 unspecified atom stereocenters. The van der Waals surface area contributed by atoms with Gasteiger partial charge in [-0.25, -0.2) is 4.98 Å². The Hall–Kier alpha value is -2.39. The zero-order valence-electron chi connectivity index (χ0n) is 13.9. The molecule has 0 aliphatic rings. The molecule has 0 aliphatic carbocycles. The van der Waals surface area contributed by atoms with E-state index in [-0.39, 0.29) is 0 Å². The Bertz CT molecular complexity index is 934. The molecule has 0 amide bonds. The summed E-state index contributed by atoms with van der Waals surface area (Å²) in [5.74, 6) is 0.774. The molecule has 122 valence electrons. The molecule has 0 fully saturated rings. The van der Waals surface area contributed by atoms with Crippen LogP contribution >= 0.6 is 11.6 Å². The van der Waals surface area contributed by atoms with E-state index in [2.05, 4.69) is 6.07 Å². The minimum atomic E-state index is -0.477. The second kappa shape index (κ2) is 6.62. The molecule has 0 saturated heterocycles. The number of aromatic nitrogens is 1. The summed E-state index contributed by atoms with van der Waals surface area (Å²) >= 11 is 5.84. The van der Waals surface area contributed by atoms with Crippen molar-refractivity contribution in [2.75, 3.05) is 6.61 Å². The van der Waals surface area contributed by atoms with Crippen LogP contribution in [-0.4, -0.2) is 16.8 Å². The number of ether oxygens (including phenoxy) is 1. The fraction of sp³-hybridized carbons (Fsp3) is 0.200. The summed E-state index contributed by atoms with van der Waals surface area (Å²) in [6, 6.07) is 13.4. The van der Waals surface area contributed by atoms with Crippen LogP contribution in [0.3, 0.4) is 0 Å². The fourth-order valence-corrected chi connectivity index (χ4v) is 3.06. The van der Waals surface area contributed by atoms with Crippen molar-refractivity contribution in [3.63, 3.8) is 0 Å². The maximum absolute atomic E-state index is 11.9. The van der Waals surface area contributed by atoms with E-state index in [1.807, 2.05) is 51.1 Å². The van der Waals surface area contributed by atoms with Gasteiger partial charge in [-0.15, -0.1) is 0 Å². The summed E-state index contributed by atoms with van der Waals surface area (Å²) in [6.07, 6.45) is 0. The number of nitrogens with zero attached hydrogens (tertiary/aromatic N) is 1. The van der Waals surface area contributed by atoms with Crippen molar-refractivity contribution in [3.05, 3.63) is 59.2 Å². The third kappa shape index (κ3) is 3.13. The van der Waals surface area contributed by atoms with Crippen molar-refractivity contribution in [2.24, 2.45) is 0 Å². The molecule has 0 bridgehead atoms. The van der Waals surface area contributed by atoms with Gasteiger partial charge in [0.2, 0.25) is 0 Å². The van der Waals surface area contributed by atoms with Gasteiger partial charge in [-0.3, -0.25) is 4.79 Å². The van der Waals surface area contributed by atoms with Crippen LogP contribution in [0.4, 0.5) is 0 Å². The van der Waals surface area contributed by atoms with Crippen molar-refractivity contribution in [1.82, 2.24) is 4.98 Å². The van der Waals surface area contributed by atoms with Gasteiger partial charge in [-0.05, 0) is 62.2 Å². The van der Waals surface area contributed by atoms with E-state index < -0.39 is 5.24 Å². The normalized spacial score (nSPS) is 10.8. The lowest BCUT2D eigenvalue weighted by atomic mass is 10.0. The van der Waals surface area contributed by atoms with E-state index in [1.165, 1.54) is 0 Å². The van der Waals surface area contributed by atoms with Crippen LogP contribution in [0, 0.1) is 13.8 Å². The molecule has 3 aromatic rings. The molecule has 1 aromatic heterocycles. The van der Waals surface area contributed by atoms with E-state index in [9.17, 15) is 4.79 Å². The molecule has 3 nitrogen and oxygen atoms in total. The Balaban J connectivity index is 2.26. The maximum Gasteiger partial charge on any atom is 0.253 e. The smallest absolute Gasteiger partial charge is 0.253 e. The molecule has 0 saturated carbocycles. The summed E-state index contributed by atoms with van der Waals surface area (Å²) in [4.78, 5) is 16.7.